The van der Waals surface area contributed by atoms with Crippen LogP contribution >= 0.6 is 11.8 Å². The van der Waals surface area contributed by atoms with Crippen LogP contribution in [0.5, 0.6) is 0 Å². The Morgan fingerprint density at radius 3 is 2.50 bits per heavy atom. The molecule has 0 saturated carbocycles. The van der Waals surface area contributed by atoms with E-state index >= 15 is 0 Å². The molecule has 0 fully saturated rings. The van der Waals surface area contributed by atoms with Crippen LogP contribution in [0.1, 0.15) is 33.6 Å². The van der Waals surface area contributed by atoms with Crippen molar-refractivity contribution in [1.29, 1.82) is 0 Å². The minimum Gasteiger partial charge on any atom is -0.324 e. The average Bonchev–Trinajstić information content (AvgIpc) is 2.03. The smallest absolute Gasteiger partial charge is 0.0254 e. The average molecular weight is 218 g/mol. The second-order valence-electron chi connectivity index (χ2n) is 4.62. The highest BCUT2D eigenvalue weighted by molar-refractivity contribution is 7.98. The molecule has 0 aliphatic rings. The monoisotopic (exact) mass is 218 g/mol. The highest BCUT2D eigenvalue weighted by Gasteiger charge is 2.21. The van der Waals surface area contributed by atoms with Crippen LogP contribution in [0.2, 0.25) is 0 Å². The van der Waals surface area contributed by atoms with Crippen molar-refractivity contribution in [3.8, 4) is 0 Å². The van der Waals surface area contributed by atoms with Crippen LogP contribution in [0.25, 0.3) is 0 Å². The van der Waals surface area contributed by atoms with E-state index < -0.39 is 0 Å². The van der Waals surface area contributed by atoms with Gasteiger partial charge in [0.2, 0.25) is 0 Å². The number of nitrogens with zero attached hydrogens (tertiary/aromatic N) is 1. The lowest BCUT2D eigenvalue weighted by Gasteiger charge is -2.33. The number of hydrogen-bond acceptors (Lipinski definition) is 3. The fourth-order valence-electron chi connectivity index (χ4n) is 1.74. The largest absolute Gasteiger partial charge is 0.324 e. The molecule has 3 heteroatoms. The van der Waals surface area contributed by atoms with Crippen molar-refractivity contribution < 1.29 is 0 Å². The maximum atomic E-state index is 6.21. The van der Waals surface area contributed by atoms with E-state index in [2.05, 4.69) is 39.0 Å². The van der Waals surface area contributed by atoms with E-state index in [0.717, 1.165) is 19.4 Å². The van der Waals surface area contributed by atoms with Crippen LogP contribution in [-0.2, 0) is 0 Å². The summed E-state index contributed by atoms with van der Waals surface area (Å²) in [6.45, 7) is 7.59. The Kier molecular flexibility index (Phi) is 6.83. The second kappa shape index (κ2) is 6.70. The molecule has 0 aromatic heterocycles. The maximum Gasteiger partial charge on any atom is 0.0254 e. The lowest BCUT2D eigenvalue weighted by atomic mass is 9.96. The molecule has 2 nitrogen and oxygen atoms in total. The molecule has 0 aromatic carbocycles. The first-order valence-corrected chi connectivity index (χ1v) is 6.80. The third-order valence-electron chi connectivity index (χ3n) is 2.59. The van der Waals surface area contributed by atoms with Gasteiger partial charge in [0.25, 0.3) is 0 Å². The van der Waals surface area contributed by atoms with E-state index in [4.69, 9.17) is 5.73 Å². The Labute approximate surface area is 93.6 Å². The zero-order valence-electron chi connectivity index (χ0n) is 10.3. The van der Waals surface area contributed by atoms with Crippen LogP contribution in [0.4, 0.5) is 0 Å². The minimum atomic E-state index is -0.0316. The van der Waals surface area contributed by atoms with E-state index in [1.54, 1.807) is 0 Å². The summed E-state index contributed by atoms with van der Waals surface area (Å²) >= 11 is 1.89. The first-order valence-electron chi connectivity index (χ1n) is 5.41. The maximum absolute atomic E-state index is 6.21. The molecule has 0 aliphatic heterocycles. The van der Waals surface area contributed by atoms with Gasteiger partial charge in [0.15, 0.2) is 0 Å². The Morgan fingerprint density at radius 2 is 2.07 bits per heavy atom. The molecule has 0 rings (SSSR count). The van der Waals surface area contributed by atoms with Crippen LogP contribution in [-0.4, -0.2) is 42.1 Å². The lowest BCUT2D eigenvalue weighted by Crippen LogP contribution is -2.49. The molecule has 0 aromatic rings. The van der Waals surface area contributed by atoms with Gasteiger partial charge in [-0.2, -0.15) is 11.8 Å². The minimum absolute atomic E-state index is 0.0316. The Balaban J connectivity index is 3.96. The SMILES string of the molecule is CCCC(C)(N)CN(C)C(C)CSC. The van der Waals surface area contributed by atoms with E-state index in [0.29, 0.717) is 6.04 Å². The van der Waals surface area contributed by atoms with Gasteiger partial charge >= 0.3 is 0 Å². The lowest BCUT2D eigenvalue weighted by molar-refractivity contribution is 0.211. The fourth-order valence-corrected chi connectivity index (χ4v) is 2.48. The number of nitrogens with two attached hydrogens (primary N) is 1. The summed E-state index contributed by atoms with van der Waals surface area (Å²) in [4.78, 5) is 2.37. The molecule has 2 N–H and O–H groups in total. The van der Waals surface area contributed by atoms with E-state index in [-0.39, 0.29) is 5.54 Å². The first-order chi connectivity index (χ1) is 6.43. The van der Waals surface area contributed by atoms with Crippen LogP contribution in [0.15, 0.2) is 0 Å². The van der Waals surface area contributed by atoms with E-state index in [1.165, 1.54) is 5.75 Å². The molecule has 0 amide bonds. The van der Waals surface area contributed by atoms with Crippen LogP contribution in [0.3, 0.4) is 0 Å². The number of hydrogen-bond donors (Lipinski definition) is 1. The molecule has 0 heterocycles. The van der Waals surface area contributed by atoms with Gasteiger partial charge in [-0.3, -0.25) is 0 Å². The van der Waals surface area contributed by atoms with Crippen molar-refractivity contribution >= 4 is 11.8 Å². The fraction of sp³-hybridized carbons (Fsp3) is 1.00. The van der Waals surface area contributed by atoms with Crippen molar-refractivity contribution in [2.45, 2.75) is 45.2 Å². The summed E-state index contributed by atoms with van der Waals surface area (Å²) in [6.07, 6.45) is 4.42. The van der Waals surface area contributed by atoms with Gasteiger partial charge in [0.1, 0.15) is 0 Å². The van der Waals surface area contributed by atoms with Crippen LogP contribution < -0.4 is 5.73 Å². The Hall–Kier alpha value is 0.270. The molecular formula is C11H26N2S. The summed E-state index contributed by atoms with van der Waals surface area (Å²) in [5.41, 5.74) is 6.18. The predicted octanol–water partition coefficient (Wildman–Crippen LogP) is 2.19. The van der Waals surface area contributed by atoms with Crippen molar-refractivity contribution in [1.82, 2.24) is 4.90 Å². The van der Waals surface area contributed by atoms with E-state index in [9.17, 15) is 0 Å². The zero-order chi connectivity index (χ0) is 11.2. The van der Waals surface area contributed by atoms with Gasteiger partial charge < -0.3 is 10.6 Å². The molecule has 0 radical (unpaired) electrons. The molecule has 0 spiro atoms. The molecule has 0 bridgehead atoms. The molecule has 0 saturated heterocycles. The van der Waals surface area contributed by atoms with Crippen LogP contribution in [0, 0.1) is 0 Å². The van der Waals surface area contributed by atoms with Gasteiger partial charge in [-0.05, 0) is 33.6 Å². The van der Waals surface area contributed by atoms with Crippen molar-refractivity contribution in [2.24, 2.45) is 5.73 Å². The van der Waals surface area contributed by atoms with Gasteiger partial charge in [-0.25, -0.2) is 0 Å². The predicted molar refractivity (Wildman–Crippen MR) is 68.0 cm³/mol. The van der Waals surface area contributed by atoms with Gasteiger partial charge in [0.05, 0.1) is 0 Å². The molecule has 14 heavy (non-hydrogen) atoms. The summed E-state index contributed by atoms with van der Waals surface area (Å²) in [5.74, 6) is 1.18. The van der Waals surface area contributed by atoms with E-state index in [1.807, 2.05) is 11.8 Å². The third kappa shape index (κ3) is 5.89. The summed E-state index contributed by atoms with van der Waals surface area (Å²) in [7, 11) is 2.17. The van der Waals surface area contributed by atoms with Crippen molar-refractivity contribution in [3.63, 3.8) is 0 Å². The number of rotatable bonds is 7. The Bertz CT molecular complexity index is 148. The van der Waals surface area contributed by atoms with Gasteiger partial charge in [0, 0.05) is 23.9 Å². The molecular weight excluding hydrogens is 192 g/mol. The highest BCUT2D eigenvalue weighted by atomic mass is 32.2. The third-order valence-corrected chi connectivity index (χ3v) is 3.41. The topological polar surface area (TPSA) is 29.3 Å². The standard InChI is InChI=1S/C11H26N2S/c1-6-7-11(3,12)9-13(4)10(2)8-14-5/h10H,6-9,12H2,1-5H3. The normalized spacial score (nSPS) is 18.2. The molecule has 86 valence electrons. The number of thioether (sulfide) groups is 1. The molecule has 0 aliphatic carbocycles. The molecule has 2 unspecified atom stereocenters. The zero-order valence-corrected chi connectivity index (χ0v) is 11.2. The first kappa shape index (κ1) is 14.3. The van der Waals surface area contributed by atoms with Gasteiger partial charge in [-0.15, -0.1) is 0 Å². The number of likely N-dealkylation sites (N-methyl/N-ethyl adjacent to an activating group) is 1. The molecule has 2 atom stereocenters. The summed E-state index contributed by atoms with van der Waals surface area (Å²) < 4.78 is 0. The second-order valence-corrected chi connectivity index (χ2v) is 5.53. The highest BCUT2D eigenvalue weighted by Crippen LogP contribution is 2.12. The van der Waals surface area contributed by atoms with Crippen molar-refractivity contribution in [3.05, 3.63) is 0 Å². The van der Waals surface area contributed by atoms with Crippen molar-refractivity contribution in [2.75, 3.05) is 25.6 Å². The van der Waals surface area contributed by atoms with Gasteiger partial charge in [-0.1, -0.05) is 13.3 Å². The Morgan fingerprint density at radius 1 is 1.50 bits per heavy atom. The quantitative estimate of drug-likeness (QED) is 0.710. The summed E-state index contributed by atoms with van der Waals surface area (Å²) in [6, 6.07) is 0.615. The summed E-state index contributed by atoms with van der Waals surface area (Å²) in [5, 5.41) is 0.